The van der Waals surface area contributed by atoms with E-state index < -0.39 is 0 Å². The molecule has 0 saturated heterocycles. The minimum Gasteiger partial charge on any atom is -0.495 e. The van der Waals surface area contributed by atoms with Crippen LogP contribution in [0, 0.1) is 0 Å². The van der Waals surface area contributed by atoms with Gasteiger partial charge in [0.1, 0.15) is 5.75 Å². The Balaban J connectivity index is 2.74. The van der Waals surface area contributed by atoms with Gasteiger partial charge in [0.25, 0.3) is 0 Å². The van der Waals surface area contributed by atoms with Crippen LogP contribution in [0.1, 0.15) is 50.0 Å². The van der Waals surface area contributed by atoms with Crippen molar-refractivity contribution in [2.75, 3.05) is 7.11 Å². The second-order valence-corrected chi connectivity index (χ2v) is 6.14. The van der Waals surface area contributed by atoms with Gasteiger partial charge < -0.3 is 4.74 Å². The number of benzene rings is 1. The minimum absolute atomic E-state index is 0.0493. The predicted molar refractivity (Wildman–Crippen MR) is 83.1 cm³/mol. The summed E-state index contributed by atoms with van der Waals surface area (Å²) in [5.74, 6) is 0.787. The zero-order chi connectivity index (χ0) is 13.5. The molecule has 4 heteroatoms. The Kier molecular flexibility index (Phi) is 7.43. The van der Waals surface area contributed by atoms with Gasteiger partial charge in [-0.3, -0.25) is 0 Å². The van der Waals surface area contributed by atoms with E-state index in [1.54, 1.807) is 7.11 Å². The summed E-state index contributed by atoms with van der Waals surface area (Å²) in [6, 6.07) is 3.72. The average molecular weight is 354 g/mol. The predicted octanol–water partition coefficient (Wildman–Crippen LogP) is 6.36. The van der Waals surface area contributed by atoms with Gasteiger partial charge in [0, 0.05) is 10.6 Å². The molecule has 0 aliphatic carbocycles. The first-order valence-corrected chi connectivity index (χ1v) is 7.87. The molecule has 0 aliphatic rings. The molecule has 102 valence electrons. The zero-order valence-electron chi connectivity index (χ0n) is 10.8. The van der Waals surface area contributed by atoms with Crippen molar-refractivity contribution in [1.82, 2.24) is 0 Å². The fourth-order valence-corrected chi connectivity index (χ4v) is 3.25. The maximum atomic E-state index is 6.45. The molecule has 18 heavy (non-hydrogen) atoms. The number of hydrogen-bond acceptors (Lipinski definition) is 1. The number of unbranched alkanes of at least 4 members (excludes halogenated alkanes) is 3. The molecule has 0 spiro atoms. The SMILES string of the molecule is CCCCCCC(Cl)c1cc(Cl)cc(Br)c1OC. The first-order valence-electron chi connectivity index (χ1n) is 6.27. The van der Waals surface area contributed by atoms with Gasteiger partial charge in [-0.2, -0.15) is 0 Å². The zero-order valence-corrected chi connectivity index (χ0v) is 13.9. The standard InChI is InChI=1S/C14H19BrCl2O/c1-3-4-5-6-7-13(17)11-8-10(16)9-12(15)14(11)18-2/h8-9,13H,3-7H2,1-2H3. The van der Waals surface area contributed by atoms with Gasteiger partial charge in [-0.1, -0.05) is 44.2 Å². The fraction of sp³-hybridized carbons (Fsp3) is 0.571. The smallest absolute Gasteiger partial charge is 0.137 e. The van der Waals surface area contributed by atoms with Crippen LogP contribution < -0.4 is 4.74 Å². The van der Waals surface area contributed by atoms with E-state index in [1.165, 1.54) is 19.3 Å². The minimum atomic E-state index is -0.0493. The third-order valence-corrected chi connectivity index (χ3v) is 4.15. The summed E-state index contributed by atoms with van der Waals surface area (Å²) in [6.45, 7) is 2.20. The molecule has 0 amide bonds. The second kappa shape index (κ2) is 8.29. The Morgan fingerprint density at radius 2 is 2.00 bits per heavy atom. The molecule has 1 rings (SSSR count). The van der Waals surface area contributed by atoms with Crippen LogP contribution >= 0.6 is 39.1 Å². The van der Waals surface area contributed by atoms with Crippen molar-refractivity contribution < 1.29 is 4.74 Å². The normalized spacial score (nSPS) is 12.5. The molecule has 1 atom stereocenters. The lowest BCUT2D eigenvalue weighted by Gasteiger charge is -2.16. The summed E-state index contributed by atoms with van der Waals surface area (Å²) in [5, 5.41) is 0.628. The third-order valence-electron chi connectivity index (χ3n) is 2.89. The molecular formula is C14H19BrCl2O. The largest absolute Gasteiger partial charge is 0.495 e. The summed E-state index contributed by atoms with van der Waals surface area (Å²) in [5.41, 5.74) is 0.968. The summed E-state index contributed by atoms with van der Waals surface area (Å²) >= 11 is 16.0. The number of hydrogen-bond donors (Lipinski definition) is 0. The lowest BCUT2D eigenvalue weighted by Crippen LogP contribution is -1.97. The Morgan fingerprint density at radius 1 is 1.28 bits per heavy atom. The van der Waals surface area contributed by atoms with Crippen LogP contribution in [-0.2, 0) is 0 Å². The van der Waals surface area contributed by atoms with Crippen molar-refractivity contribution in [3.8, 4) is 5.75 Å². The quantitative estimate of drug-likeness (QED) is 0.409. The van der Waals surface area contributed by atoms with Crippen molar-refractivity contribution in [1.29, 1.82) is 0 Å². The Morgan fingerprint density at radius 3 is 2.61 bits per heavy atom. The van der Waals surface area contributed by atoms with E-state index in [4.69, 9.17) is 27.9 Å². The molecule has 0 aromatic heterocycles. The van der Waals surface area contributed by atoms with E-state index in [9.17, 15) is 0 Å². The first kappa shape index (κ1) is 16.1. The summed E-state index contributed by atoms with van der Waals surface area (Å²) < 4.78 is 6.24. The second-order valence-electron chi connectivity index (χ2n) is 4.33. The summed E-state index contributed by atoms with van der Waals surface area (Å²) in [4.78, 5) is 0. The Labute approximate surface area is 128 Å². The molecule has 1 unspecified atom stereocenters. The molecule has 0 radical (unpaired) electrons. The van der Waals surface area contributed by atoms with E-state index in [0.717, 1.165) is 28.6 Å². The molecule has 0 saturated carbocycles. The van der Waals surface area contributed by atoms with Crippen LogP contribution in [0.3, 0.4) is 0 Å². The highest BCUT2D eigenvalue weighted by Crippen LogP contribution is 2.40. The van der Waals surface area contributed by atoms with Crippen molar-refractivity contribution >= 4 is 39.1 Å². The molecule has 0 heterocycles. The Bertz CT molecular complexity index is 382. The number of methoxy groups -OCH3 is 1. The highest BCUT2D eigenvalue weighted by Gasteiger charge is 2.16. The van der Waals surface area contributed by atoms with Gasteiger partial charge in [-0.05, 0) is 34.5 Å². The van der Waals surface area contributed by atoms with Crippen molar-refractivity contribution in [3.05, 3.63) is 27.2 Å². The van der Waals surface area contributed by atoms with Crippen molar-refractivity contribution in [3.63, 3.8) is 0 Å². The summed E-state index contributed by atoms with van der Waals surface area (Å²) in [6.07, 6.45) is 5.81. The van der Waals surface area contributed by atoms with Crippen LogP contribution in [0.4, 0.5) is 0 Å². The van der Waals surface area contributed by atoms with Crippen LogP contribution in [-0.4, -0.2) is 7.11 Å². The lowest BCUT2D eigenvalue weighted by atomic mass is 10.0. The molecule has 0 bridgehead atoms. The van der Waals surface area contributed by atoms with Crippen LogP contribution in [0.5, 0.6) is 5.75 Å². The number of alkyl halides is 1. The van der Waals surface area contributed by atoms with Crippen LogP contribution in [0.15, 0.2) is 16.6 Å². The van der Waals surface area contributed by atoms with Gasteiger partial charge in [0.15, 0.2) is 0 Å². The van der Waals surface area contributed by atoms with Gasteiger partial charge in [-0.15, -0.1) is 11.6 Å². The maximum absolute atomic E-state index is 6.45. The van der Waals surface area contributed by atoms with Crippen LogP contribution in [0.25, 0.3) is 0 Å². The van der Waals surface area contributed by atoms with E-state index in [1.807, 2.05) is 12.1 Å². The summed E-state index contributed by atoms with van der Waals surface area (Å²) in [7, 11) is 1.65. The van der Waals surface area contributed by atoms with E-state index in [-0.39, 0.29) is 5.38 Å². The number of halogens is 3. The lowest BCUT2D eigenvalue weighted by molar-refractivity contribution is 0.405. The third kappa shape index (κ3) is 4.64. The average Bonchev–Trinajstić information content (AvgIpc) is 2.33. The molecule has 1 aromatic carbocycles. The molecule has 0 N–H and O–H groups in total. The molecule has 0 aliphatic heterocycles. The van der Waals surface area contributed by atoms with Crippen molar-refractivity contribution in [2.45, 2.75) is 44.4 Å². The monoisotopic (exact) mass is 352 g/mol. The van der Waals surface area contributed by atoms with E-state index >= 15 is 0 Å². The fourth-order valence-electron chi connectivity index (χ4n) is 1.93. The number of ether oxygens (including phenoxy) is 1. The molecule has 1 aromatic rings. The first-order chi connectivity index (χ1) is 8.60. The molecule has 1 nitrogen and oxygen atoms in total. The Hall–Kier alpha value is 0.0800. The van der Waals surface area contributed by atoms with Gasteiger partial charge in [0.05, 0.1) is 17.0 Å². The van der Waals surface area contributed by atoms with E-state index in [2.05, 4.69) is 22.9 Å². The van der Waals surface area contributed by atoms with Gasteiger partial charge in [0.2, 0.25) is 0 Å². The van der Waals surface area contributed by atoms with Crippen molar-refractivity contribution in [2.24, 2.45) is 0 Å². The van der Waals surface area contributed by atoms with Gasteiger partial charge >= 0.3 is 0 Å². The topological polar surface area (TPSA) is 9.23 Å². The number of rotatable bonds is 7. The van der Waals surface area contributed by atoms with Crippen LogP contribution in [0.2, 0.25) is 5.02 Å². The molecular weight excluding hydrogens is 335 g/mol. The highest BCUT2D eigenvalue weighted by molar-refractivity contribution is 9.10. The molecule has 0 fully saturated rings. The highest BCUT2D eigenvalue weighted by atomic mass is 79.9. The van der Waals surface area contributed by atoms with Gasteiger partial charge in [-0.25, -0.2) is 0 Å². The maximum Gasteiger partial charge on any atom is 0.137 e. The van der Waals surface area contributed by atoms with E-state index in [0.29, 0.717) is 5.02 Å².